The Labute approximate surface area is 161 Å². The van der Waals surface area contributed by atoms with Crippen molar-refractivity contribution in [1.29, 1.82) is 0 Å². The number of sulfone groups is 1. The normalized spacial score (nSPS) is 27.5. The summed E-state index contributed by atoms with van der Waals surface area (Å²) in [4.78, 5) is 18.3. The molecule has 2 fully saturated rings. The van der Waals surface area contributed by atoms with Gasteiger partial charge in [-0.2, -0.15) is 4.99 Å². The number of thioether (sulfide) groups is 1. The van der Waals surface area contributed by atoms with Gasteiger partial charge in [0.15, 0.2) is 15.0 Å². The molecule has 2 aliphatic rings. The maximum Gasteiger partial charge on any atom is 0.250 e. The van der Waals surface area contributed by atoms with Gasteiger partial charge >= 0.3 is 0 Å². The zero-order chi connectivity index (χ0) is 18.4. The Balaban J connectivity index is 2.06. The molecule has 1 aromatic carbocycles. The number of nitrogens with zero attached hydrogens (tertiary/aromatic N) is 2. The molecule has 0 aliphatic carbocycles. The second-order valence-electron chi connectivity index (χ2n) is 6.29. The van der Waals surface area contributed by atoms with E-state index in [0.717, 1.165) is 0 Å². The fourth-order valence-corrected chi connectivity index (χ4v) is 7.20. The Hall–Kier alpha value is -0.760. The lowest BCUT2D eigenvalue weighted by molar-refractivity contribution is -0.121. The van der Waals surface area contributed by atoms with Crippen molar-refractivity contribution >= 4 is 61.6 Å². The first-order chi connectivity index (χ1) is 11.7. The van der Waals surface area contributed by atoms with Crippen LogP contribution in [0.3, 0.4) is 0 Å². The summed E-state index contributed by atoms with van der Waals surface area (Å²) >= 11 is 13.8. The second-order valence-corrected chi connectivity index (χ2v) is 10.4. The molecule has 2 aliphatic heterocycles. The van der Waals surface area contributed by atoms with Crippen LogP contribution in [0.25, 0.3) is 0 Å². The highest BCUT2D eigenvalue weighted by atomic mass is 35.5. The third-order valence-corrected chi connectivity index (χ3v) is 8.52. The highest BCUT2D eigenvalue weighted by molar-refractivity contribution is 8.16. The standard InChI is InChI=1S/C16H18Cl2N2O3S2/c1-3-9(2)15(21)19-16-20(11-6-4-5-10(17)14(11)18)12-7-25(22,23)8-13(12)24-16/h4-6,9,12-13H,3,7-8H2,1-2H3/t9-,12-,13+/m1/s1. The molecule has 2 saturated heterocycles. The van der Waals surface area contributed by atoms with Crippen LogP contribution in [0.4, 0.5) is 5.69 Å². The number of aliphatic imine (C=N–C) groups is 1. The molecule has 0 unspecified atom stereocenters. The summed E-state index contributed by atoms with van der Waals surface area (Å²) in [5, 5.41) is 1.04. The maximum absolute atomic E-state index is 12.3. The quantitative estimate of drug-likeness (QED) is 0.746. The van der Waals surface area contributed by atoms with Crippen LogP contribution < -0.4 is 4.90 Å². The molecule has 0 radical (unpaired) electrons. The number of hydrogen-bond acceptors (Lipinski definition) is 4. The Morgan fingerprint density at radius 2 is 2.12 bits per heavy atom. The van der Waals surface area contributed by atoms with Gasteiger partial charge in [0.1, 0.15) is 0 Å². The lowest BCUT2D eigenvalue weighted by Crippen LogP contribution is -2.38. The zero-order valence-corrected chi connectivity index (χ0v) is 16.9. The highest BCUT2D eigenvalue weighted by Gasteiger charge is 2.50. The van der Waals surface area contributed by atoms with Gasteiger partial charge in [0, 0.05) is 11.2 Å². The number of anilines is 1. The van der Waals surface area contributed by atoms with E-state index in [9.17, 15) is 13.2 Å². The minimum absolute atomic E-state index is 0.0179. The smallest absolute Gasteiger partial charge is 0.250 e. The van der Waals surface area contributed by atoms with Crippen molar-refractivity contribution in [3.63, 3.8) is 0 Å². The predicted octanol–water partition coefficient (Wildman–Crippen LogP) is 3.64. The van der Waals surface area contributed by atoms with E-state index in [4.69, 9.17) is 23.2 Å². The molecule has 0 N–H and O–H groups in total. The van der Waals surface area contributed by atoms with Crippen LogP contribution in [0.2, 0.25) is 10.0 Å². The summed E-state index contributed by atoms with van der Waals surface area (Å²) in [7, 11) is -3.12. The Morgan fingerprint density at radius 1 is 1.40 bits per heavy atom. The summed E-state index contributed by atoms with van der Waals surface area (Å²) < 4.78 is 24.1. The fraction of sp³-hybridized carbons (Fsp3) is 0.500. The minimum Gasteiger partial charge on any atom is -0.314 e. The van der Waals surface area contributed by atoms with Crippen molar-refractivity contribution in [2.24, 2.45) is 10.9 Å². The van der Waals surface area contributed by atoms with Crippen molar-refractivity contribution in [2.75, 3.05) is 16.4 Å². The van der Waals surface area contributed by atoms with E-state index in [-0.39, 0.29) is 34.6 Å². The molecule has 3 atom stereocenters. The molecular formula is C16H18Cl2N2O3S2. The third kappa shape index (κ3) is 3.70. The number of amidine groups is 1. The maximum atomic E-state index is 12.3. The predicted molar refractivity (Wildman–Crippen MR) is 105 cm³/mol. The molecule has 2 heterocycles. The summed E-state index contributed by atoms with van der Waals surface area (Å²) in [5.74, 6) is -0.303. The summed E-state index contributed by atoms with van der Waals surface area (Å²) in [5.41, 5.74) is 0.585. The summed E-state index contributed by atoms with van der Waals surface area (Å²) in [6, 6.07) is 4.89. The topological polar surface area (TPSA) is 66.8 Å². The van der Waals surface area contributed by atoms with Gasteiger partial charge < -0.3 is 4.90 Å². The average Bonchev–Trinajstić information content (AvgIpc) is 3.00. The number of carbonyl (C=O) groups is 1. The van der Waals surface area contributed by atoms with Crippen LogP contribution in [-0.4, -0.2) is 42.3 Å². The molecule has 9 heteroatoms. The molecule has 1 amide bonds. The van der Waals surface area contributed by atoms with Gasteiger partial charge in [-0.05, 0) is 18.6 Å². The molecule has 1 aromatic rings. The van der Waals surface area contributed by atoms with E-state index in [0.29, 0.717) is 27.3 Å². The van der Waals surface area contributed by atoms with Crippen molar-refractivity contribution < 1.29 is 13.2 Å². The van der Waals surface area contributed by atoms with Gasteiger partial charge in [-0.25, -0.2) is 8.42 Å². The van der Waals surface area contributed by atoms with Crippen LogP contribution >= 0.6 is 35.0 Å². The molecule has 0 aromatic heterocycles. The molecule has 25 heavy (non-hydrogen) atoms. The lowest BCUT2D eigenvalue weighted by Gasteiger charge is -2.26. The number of benzene rings is 1. The number of hydrogen-bond donors (Lipinski definition) is 0. The van der Waals surface area contributed by atoms with Crippen LogP contribution in [0.1, 0.15) is 20.3 Å². The van der Waals surface area contributed by atoms with Crippen molar-refractivity contribution in [2.45, 2.75) is 31.6 Å². The lowest BCUT2D eigenvalue weighted by atomic mass is 10.1. The monoisotopic (exact) mass is 420 g/mol. The summed E-state index contributed by atoms with van der Waals surface area (Å²) in [6.07, 6.45) is 0.694. The van der Waals surface area contributed by atoms with Crippen molar-refractivity contribution in [3.05, 3.63) is 28.2 Å². The van der Waals surface area contributed by atoms with Crippen molar-refractivity contribution in [1.82, 2.24) is 0 Å². The Bertz CT molecular complexity index is 842. The fourth-order valence-electron chi connectivity index (χ4n) is 2.90. The van der Waals surface area contributed by atoms with E-state index in [1.54, 1.807) is 23.1 Å². The molecular weight excluding hydrogens is 403 g/mol. The summed E-state index contributed by atoms with van der Waals surface area (Å²) in [6.45, 7) is 3.76. The number of amides is 1. The van der Waals surface area contributed by atoms with Gasteiger partial charge in [-0.1, -0.05) is 54.9 Å². The number of rotatable bonds is 3. The number of carbonyl (C=O) groups excluding carboxylic acids is 1. The minimum atomic E-state index is -3.12. The Kier molecular flexibility index (Phi) is 5.40. The van der Waals surface area contributed by atoms with E-state index < -0.39 is 9.84 Å². The third-order valence-electron chi connectivity index (χ3n) is 4.50. The van der Waals surface area contributed by atoms with Gasteiger partial charge in [0.25, 0.3) is 5.91 Å². The van der Waals surface area contributed by atoms with Crippen LogP contribution in [0.15, 0.2) is 23.2 Å². The van der Waals surface area contributed by atoms with Gasteiger partial charge in [0.2, 0.25) is 0 Å². The van der Waals surface area contributed by atoms with Gasteiger partial charge in [-0.3, -0.25) is 4.79 Å². The van der Waals surface area contributed by atoms with E-state index in [1.165, 1.54) is 11.8 Å². The largest absolute Gasteiger partial charge is 0.314 e. The average molecular weight is 421 g/mol. The Morgan fingerprint density at radius 3 is 2.80 bits per heavy atom. The van der Waals surface area contributed by atoms with E-state index >= 15 is 0 Å². The number of halogens is 2. The van der Waals surface area contributed by atoms with Crippen LogP contribution in [0, 0.1) is 5.92 Å². The first-order valence-corrected chi connectivity index (χ1v) is 11.4. The van der Waals surface area contributed by atoms with Crippen LogP contribution in [-0.2, 0) is 14.6 Å². The first kappa shape index (κ1) is 19.0. The number of fused-ring (bicyclic) bond motifs is 1. The molecule has 0 spiro atoms. The molecule has 3 rings (SSSR count). The molecule has 0 saturated carbocycles. The van der Waals surface area contributed by atoms with Crippen LogP contribution in [0.5, 0.6) is 0 Å². The zero-order valence-electron chi connectivity index (χ0n) is 13.8. The second kappa shape index (κ2) is 7.10. The van der Waals surface area contributed by atoms with Gasteiger partial charge in [0.05, 0.1) is 33.3 Å². The molecule has 0 bridgehead atoms. The molecule has 136 valence electrons. The van der Waals surface area contributed by atoms with E-state index in [1.807, 2.05) is 13.8 Å². The van der Waals surface area contributed by atoms with Crippen molar-refractivity contribution in [3.8, 4) is 0 Å². The SMILES string of the molecule is CC[C@@H](C)C(=O)N=C1S[C@H]2CS(=O)(=O)C[C@H]2N1c1cccc(Cl)c1Cl. The highest BCUT2D eigenvalue weighted by Crippen LogP contribution is 2.44. The molecule has 5 nitrogen and oxygen atoms in total. The van der Waals surface area contributed by atoms with E-state index in [2.05, 4.69) is 4.99 Å². The van der Waals surface area contributed by atoms with Gasteiger partial charge in [-0.15, -0.1) is 0 Å². The first-order valence-electron chi connectivity index (χ1n) is 7.96.